The molecule has 110 valence electrons. The summed E-state index contributed by atoms with van der Waals surface area (Å²) in [6.07, 6.45) is 0.865. The van der Waals surface area contributed by atoms with Gasteiger partial charge in [-0.1, -0.05) is 19.1 Å². The molecule has 2 aromatic carbocycles. The molecule has 0 aliphatic heterocycles. The van der Waals surface area contributed by atoms with Crippen LogP contribution in [0.2, 0.25) is 0 Å². The van der Waals surface area contributed by atoms with E-state index in [2.05, 4.69) is 17.0 Å². The van der Waals surface area contributed by atoms with Gasteiger partial charge in [0.05, 0.1) is 18.7 Å². The van der Waals surface area contributed by atoms with Crippen LogP contribution in [0, 0.1) is 5.82 Å². The van der Waals surface area contributed by atoms with Crippen LogP contribution in [0.3, 0.4) is 0 Å². The fourth-order valence-electron chi connectivity index (χ4n) is 2.14. The van der Waals surface area contributed by atoms with Crippen molar-refractivity contribution in [3.63, 3.8) is 0 Å². The number of carbonyl (C=O) groups excluding carboxylic acids is 1. The zero-order valence-corrected chi connectivity index (χ0v) is 12.1. The molecule has 1 unspecified atom stereocenters. The molecule has 0 bridgehead atoms. The van der Waals surface area contributed by atoms with Crippen molar-refractivity contribution in [1.82, 2.24) is 0 Å². The molecule has 0 fully saturated rings. The lowest BCUT2D eigenvalue weighted by molar-refractivity contribution is 0.0601. The summed E-state index contributed by atoms with van der Waals surface area (Å²) in [5.74, 6) is -0.594. The van der Waals surface area contributed by atoms with Crippen LogP contribution in [-0.2, 0) is 4.74 Å². The molecule has 0 aliphatic rings. The third-order valence-corrected chi connectivity index (χ3v) is 3.33. The summed E-state index contributed by atoms with van der Waals surface area (Å²) in [5.41, 5.74) is 2.44. The Morgan fingerprint density at radius 1 is 1.14 bits per heavy atom. The average Bonchev–Trinajstić information content (AvgIpc) is 2.53. The smallest absolute Gasteiger partial charge is 0.337 e. The van der Waals surface area contributed by atoms with Crippen LogP contribution in [0.4, 0.5) is 10.1 Å². The molecule has 0 radical (unpaired) electrons. The number of ether oxygens (including phenoxy) is 1. The van der Waals surface area contributed by atoms with E-state index in [0.717, 1.165) is 17.7 Å². The predicted octanol–water partition coefficient (Wildman–Crippen LogP) is 4.18. The van der Waals surface area contributed by atoms with E-state index in [9.17, 15) is 9.18 Å². The highest BCUT2D eigenvalue weighted by atomic mass is 19.1. The Morgan fingerprint density at radius 2 is 1.76 bits per heavy atom. The van der Waals surface area contributed by atoms with Crippen LogP contribution < -0.4 is 5.32 Å². The molecule has 4 heteroatoms. The standard InChI is InChI=1S/C17H18FNO2/c1-3-16(12-4-8-14(18)9-5-12)19-15-10-6-13(7-11-15)17(20)21-2/h4-11,16,19H,3H2,1-2H3. The Balaban J connectivity index is 2.11. The average molecular weight is 287 g/mol. The number of nitrogens with one attached hydrogen (secondary N) is 1. The number of rotatable bonds is 5. The van der Waals surface area contributed by atoms with Gasteiger partial charge in [0, 0.05) is 5.69 Å². The predicted molar refractivity (Wildman–Crippen MR) is 80.8 cm³/mol. The molecule has 21 heavy (non-hydrogen) atoms. The molecular weight excluding hydrogens is 269 g/mol. The Bertz CT molecular complexity index is 593. The van der Waals surface area contributed by atoms with Gasteiger partial charge < -0.3 is 10.1 Å². The van der Waals surface area contributed by atoms with Crippen molar-refractivity contribution in [2.45, 2.75) is 19.4 Å². The summed E-state index contributed by atoms with van der Waals surface area (Å²) < 4.78 is 17.6. The van der Waals surface area contributed by atoms with Crippen molar-refractivity contribution in [2.75, 3.05) is 12.4 Å². The van der Waals surface area contributed by atoms with Crippen molar-refractivity contribution >= 4 is 11.7 Å². The third kappa shape index (κ3) is 3.81. The van der Waals surface area contributed by atoms with Gasteiger partial charge in [0.2, 0.25) is 0 Å². The van der Waals surface area contributed by atoms with Gasteiger partial charge in [-0.05, 0) is 48.4 Å². The molecule has 2 aromatic rings. The van der Waals surface area contributed by atoms with Crippen LogP contribution >= 0.6 is 0 Å². The number of benzene rings is 2. The first-order valence-corrected chi connectivity index (χ1v) is 6.84. The molecule has 1 N–H and O–H groups in total. The van der Waals surface area contributed by atoms with Gasteiger partial charge in [-0.25, -0.2) is 9.18 Å². The summed E-state index contributed by atoms with van der Waals surface area (Å²) in [6, 6.07) is 13.7. The largest absolute Gasteiger partial charge is 0.465 e. The normalized spacial score (nSPS) is 11.8. The summed E-state index contributed by atoms with van der Waals surface area (Å²) in [4.78, 5) is 11.4. The summed E-state index contributed by atoms with van der Waals surface area (Å²) in [6.45, 7) is 2.06. The lowest BCUT2D eigenvalue weighted by Crippen LogP contribution is -2.10. The van der Waals surface area contributed by atoms with Gasteiger partial charge in [-0.3, -0.25) is 0 Å². The van der Waals surface area contributed by atoms with Crippen LogP contribution in [0.15, 0.2) is 48.5 Å². The van der Waals surface area contributed by atoms with Crippen molar-refractivity contribution in [3.05, 3.63) is 65.5 Å². The molecular formula is C17H18FNO2. The molecule has 3 nitrogen and oxygen atoms in total. The maximum absolute atomic E-state index is 13.0. The monoisotopic (exact) mass is 287 g/mol. The quantitative estimate of drug-likeness (QED) is 0.839. The van der Waals surface area contributed by atoms with E-state index in [-0.39, 0.29) is 17.8 Å². The molecule has 1 atom stereocenters. The summed E-state index contributed by atoms with van der Waals surface area (Å²) in [7, 11) is 1.36. The lowest BCUT2D eigenvalue weighted by Gasteiger charge is -2.19. The first-order valence-electron chi connectivity index (χ1n) is 6.84. The zero-order chi connectivity index (χ0) is 15.2. The van der Waals surface area contributed by atoms with E-state index in [1.54, 1.807) is 24.3 Å². The first kappa shape index (κ1) is 15.0. The molecule has 0 amide bonds. The van der Waals surface area contributed by atoms with Crippen LogP contribution in [0.1, 0.15) is 35.3 Å². The zero-order valence-electron chi connectivity index (χ0n) is 12.1. The van der Waals surface area contributed by atoms with Gasteiger partial charge in [0.15, 0.2) is 0 Å². The van der Waals surface area contributed by atoms with E-state index in [1.807, 2.05) is 12.1 Å². The second-order valence-electron chi connectivity index (χ2n) is 4.73. The van der Waals surface area contributed by atoms with Gasteiger partial charge in [0.25, 0.3) is 0 Å². The molecule has 0 spiro atoms. The third-order valence-electron chi connectivity index (χ3n) is 3.33. The Hall–Kier alpha value is -2.36. The van der Waals surface area contributed by atoms with Crippen LogP contribution in [0.5, 0.6) is 0 Å². The molecule has 2 rings (SSSR count). The van der Waals surface area contributed by atoms with E-state index >= 15 is 0 Å². The second kappa shape index (κ2) is 6.88. The van der Waals surface area contributed by atoms with Gasteiger partial charge >= 0.3 is 5.97 Å². The van der Waals surface area contributed by atoms with E-state index in [0.29, 0.717) is 5.56 Å². The van der Waals surface area contributed by atoms with Crippen LogP contribution in [0.25, 0.3) is 0 Å². The maximum Gasteiger partial charge on any atom is 0.337 e. The lowest BCUT2D eigenvalue weighted by atomic mass is 10.0. The number of carbonyl (C=O) groups is 1. The highest BCUT2D eigenvalue weighted by Crippen LogP contribution is 2.23. The molecule has 0 aliphatic carbocycles. The summed E-state index contributed by atoms with van der Waals surface area (Å²) in [5, 5.41) is 3.37. The molecule has 0 aromatic heterocycles. The molecule has 0 saturated carbocycles. The Kier molecular flexibility index (Phi) is 4.93. The van der Waals surface area contributed by atoms with E-state index < -0.39 is 0 Å². The molecule has 0 heterocycles. The van der Waals surface area contributed by atoms with Gasteiger partial charge in [-0.15, -0.1) is 0 Å². The van der Waals surface area contributed by atoms with Crippen LogP contribution in [-0.4, -0.2) is 13.1 Å². The van der Waals surface area contributed by atoms with Gasteiger partial charge in [0.1, 0.15) is 5.82 Å². The minimum absolute atomic E-state index is 0.0922. The Morgan fingerprint density at radius 3 is 2.29 bits per heavy atom. The van der Waals surface area contributed by atoms with Crippen molar-refractivity contribution in [2.24, 2.45) is 0 Å². The summed E-state index contributed by atoms with van der Waals surface area (Å²) >= 11 is 0. The molecule has 0 saturated heterocycles. The van der Waals surface area contributed by atoms with Crippen molar-refractivity contribution in [1.29, 1.82) is 0 Å². The highest BCUT2D eigenvalue weighted by molar-refractivity contribution is 5.89. The maximum atomic E-state index is 13.0. The SMILES string of the molecule is CCC(Nc1ccc(C(=O)OC)cc1)c1ccc(F)cc1. The van der Waals surface area contributed by atoms with Crippen molar-refractivity contribution < 1.29 is 13.9 Å². The minimum atomic E-state index is -0.355. The topological polar surface area (TPSA) is 38.3 Å². The fourth-order valence-corrected chi connectivity index (χ4v) is 2.14. The number of esters is 1. The van der Waals surface area contributed by atoms with Crippen molar-refractivity contribution in [3.8, 4) is 0 Å². The van der Waals surface area contributed by atoms with E-state index in [1.165, 1.54) is 19.2 Å². The Labute approximate surface area is 123 Å². The highest BCUT2D eigenvalue weighted by Gasteiger charge is 2.10. The number of hydrogen-bond donors (Lipinski definition) is 1. The fraction of sp³-hybridized carbons (Fsp3) is 0.235. The number of anilines is 1. The number of hydrogen-bond acceptors (Lipinski definition) is 3. The second-order valence-corrected chi connectivity index (χ2v) is 4.73. The first-order chi connectivity index (χ1) is 10.1. The minimum Gasteiger partial charge on any atom is -0.465 e. The number of methoxy groups -OCH3 is 1. The van der Waals surface area contributed by atoms with E-state index in [4.69, 9.17) is 0 Å². The van der Waals surface area contributed by atoms with Gasteiger partial charge in [-0.2, -0.15) is 0 Å². The number of halogens is 1.